The molecule has 0 aliphatic carbocycles. The van der Waals surface area contributed by atoms with Crippen molar-refractivity contribution in [3.63, 3.8) is 0 Å². The van der Waals surface area contributed by atoms with Gasteiger partial charge in [0.2, 0.25) is 0 Å². The summed E-state index contributed by atoms with van der Waals surface area (Å²) in [6.07, 6.45) is 0. The Bertz CT molecular complexity index is 743. The van der Waals surface area contributed by atoms with Crippen molar-refractivity contribution in [1.82, 2.24) is 14.7 Å². The number of nitrogens with zero attached hydrogens (tertiary/aromatic N) is 3. The maximum atomic E-state index is 13.1. The summed E-state index contributed by atoms with van der Waals surface area (Å²) in [4.78, 5) is 15.0. The van der Waals surface area contributed by atoms with Crippen LogP contribution in [0.2, 0.25) is 0 Å². The predicted octanol–water partition coefficient (Wildman–Crippen LogP) is 3.08. The van der Waals surface area contributed by atoms with Crippen LogP contribution in [0, 0.1) is 13.8 Å². The van der Waals surface area contributed by atoms with Crippen molar-refractivity contribution in [2.24, 2.45) is 0 Å². The van der Waals surface area contributed by atoms with Crippen molar-refractivity contribution >= 4 is 5.91 Å². The lowest BCUT2D eigenvalue weighted by molar-refractivity contribution is 0.0301. The van der Waals surface area contributed by atoms with E-state index in [0.29, 0.717) is 26.3 Å². The number of aromatic nitrogens is 2. The van der Waals surface area contributed by atoms with E-state index >= 15 is 0 Å². The molecule has 2 aromatic rings. The molecule has 0 N–H and O–H groups in total. The third-order valence-electron chi connectivity index (χ3n) is 4.50. The second-order valence-electron chi connectivity index (χ2n) is 6.60. The van der Waals surface area contributed by atoms with Gasteiger partial charge in [-0.3, -0.25) is 4.79 Å². The molecule has 5 nitrogen and oxygen atoms in total. The molecule has 0 saturated carbocycles. The zero-order valence-electron chi connectivity index (χ0n) is 14.9. The van der Waals surface area contributed by atoms with Crippen LogP contribution in [0.3, 0.4) is 0 Å². The highest BCUT2D eigenvalue weighted by Gasteiger charge is 2.28. The molecule has 24 heavy (non-hydrogen) atoms. The van der Waals surface area contributed by atoms with Crippen molar-refractivity contribution in [1.29, 1.82) is 0 Å². The number of ether oxygens (including phenoxy) is 1. The van der Waals surface area contributed by atoms with Gasteiger partial charge in [-0.15, -0.1) is 0 Å². The third kappa shape index (κ3) is 2.96. The average Bonchev–Trinajstić information content (AvgIpc) is 2.92. The van der Waals surface area contributed by atoms with Gasteiger partial charge in [-0.25, -0.2) is 4.68 Å². The molecule has 3 rings (SSSR count). The predicted molar refractivity (Wildman–Crippen MR) is 93.8 cm³/mol. The van der Waals surface area contributed by atoms with Crippen molar-refractivity contribution in [3.8, 4) is 5.69 Å². The minimum absolute atomic E-state index is 0.0688. The minimum Gasteiger partial charge on any atom is -0.378 e. The van der Waals surface area contributed by atoms with Gasteiger partial charge in [0.05, 0.1) is 35.9 Å². The molecule has 1 amide bonds. The highest BCUT2D eigenvalue weighted by Crippen LogP contribution is 2.28. The van der Waals surface area contributed by atoms with Crippen LogP contribution in [0.5, 0.6) is 0 Å². The molecule has 5 heteroatoms. The van der Waals surface area contributed by atoms with Crippen molar-refractivity contribution in [2.75, 3.05) is 26.3 Å². The Morgan fingerprint density at radius 1 is 1.17 bits per heavy atom. The van der Waals surface area contributed by atoms with Gasteiger partial charge in [-0.05, 0) is 31.4 Å². The van der Waals surface area contributed by atoms with E-state index in [1.165, 1.54) is 0 Å². The number of hydrogen-bond donors (Lipinski definition) is 0. The zero-order valence-corrected chi connectivity index (χ0v) is 14.9. The molecule has 1 aromatic carbocycles. The molecule has 0 atom stereocenters. The van der Waals surface area contributed by atoms with Gasteiger partial charge < -0.3 is 9.64 Å². The maximum absolute atomic E-state index is 13.1. The normalized spacial score (nSPS) is 15.1. The van der Waals surface area contributed by atoms with E-state index in [0.717, 1.165) is 28.2 Å². The topological polar surface area (TPSA) is 47.4 Å². The first-order valence-electron chi connectivity index (χ1n) is 8.53. The lowest BCUT2D eigenvalue weighted by atomic mass is 10.0. The standard InChI is InChI=1S/C19H25N3O2/c1-13(2)18-17(19(23)21-9-11-24-12-10-21)15(4)20-22(18)16-8-6-5-7-14(16)3/h5-8,13H,9-12H2,1-4H3. The highest BCUT2D eigenvalue weighted by molar-refractivity contribution is 5.97. The van der Waals surface area contributed by atoms with Gasteiger partial charge in [0.25, 0.3) is 5.91 Å². The van der Waals surface area contributed by atoms with E-state index in [9.17, 15) is 4.79 Å². The number of carbonyl (C=O) groups is 1. The Morgan fingerprint density at radius 2 is 1.83 bits per heavy atom. The third-order valence-corrected chi connectivity index (χ3v) is 4.50. The Kier molecular flexibility index (Phi) is 4.71. The summed E-state index contributed by atoms with van der Waals surface area (Å²) in [5, 5.41) is 4.72. The molecule has 128 valence electrons. The molecule has 0 spiro atoms. The maximum Gasteiger partial charge on any atom is 0.257 e. The Labute approximate surface area is 143 Å². The lowest BCUT2D eigenvalue weighted by Crippen LogP contribution is -2.41. The van der Waals surface area contributed by atoms with Gasteiger partial charge in [0.15, 0.2) is 0 Å². The molecular weight excluding hydrogens is 302 g/mol. The summed E-state index contributed by atoms with van der Waals surface area (Å²) >= 11 is 0. The SMILES string of the molecule is Cc1ccccc1-n1nc(C)c(C(=O)N2CCOCC2)c1C(C)C. The van der Waals surface area contributed by atoms with Crippen LogP contribution in [0.15, 0.2) is 24.3 Å². The highest BCUT2D eigenvalue weighted by atomic mass is 16.5. The zero-order chi connectivity index (χ0) is 17.3. The summed E-state index contributed by atoms with van der Waals surface area (Å²) in [6.45, 7) is 10.7. The summed E-state index contributed by atoms with van der Waals surface area (Å²) in [5.74, 6) is 0.269. The van der Waals surface area contributed by atoms with Crippen LogP contribution in [0.25, 0.3) is 5.69 Å². The molecule has 1 aliphatic heterocycles. The van der Waals surface area contributed by atoms with E-state index in [4.69, 9.17) is 9.84 Å². The van der Waals surface area contributed by atoms with Gasteiger partial charge >= 0.3 is 0 Å². The van der Waals surface area contributed by atoms with E-state index in [-0.39, 0.29) is 11.8 Å². The molecule has 0 radical (unpaired) electrons. The number of rotatable bonds is 3. The summed E-state index contributed by atoms with van der Waals surface area (Å²) in [7, 11) is 0. The number of aryl methyl sites for hydroxylation is 2. The lowest BCUT2D eigenvalue weighted by Gasteiger charge is -2.27. The fourth-order valence-corrected chi connectivity index (χ4v) is 3.25. The van der Waals surface area contributed by atoms with Crippen LogP contribution in [-0.2, 0) is 4.74 Å². The summed E-state index contributed by atoms with van der Waals surface area (Å²) in [5.41, 5.74) is 4.70. The average molecular weight is 327 g/mol. The second kappa shape index (κ2) is 6.77. The van der Waals surface area contributed by atoms with Crippen molar-refractivity contribution in [2.45, 2.75) is 33.6 Å². The molecule has 0 bridgehead atoms. The first-order valence-corrected chi connectivity index (χ1v) is 8.53. The number of hydrogen-bond acceptors (Lipinski definition) is 3. The van der Waals surface area contributed by atoms with E-state index in [1.54, 1.807) is 0 Å². The molecule has 0 unspecified atom stereocenters. The van der Waals surface area contributed by atoms with Crippen LogP contribution in [0.4, 0.5) is 0 Å². The molecule has 1 saturated heterocycles. The van der Waals surface area contributed by atoms with Gasteiger partial charge in [0, 0.05) is 13.1 Å². The summed E-state index contributed by atoms with van der Waals surface area (Å²) in [6, 6.07) is 8.15. The van der Waals surface area contributed by atoms with Gasteiger partial charge in [0.1, 0.15) is 0 Å². The number of carbonyl (C=O) groups excluding carboxylic acids is 1. The Balaban J connectivity index is 2.10. The molecular formula is C19H25N3O2. The summed E-state index contributed by atoms with van der Waals surface area (Å²) < 4.78 is 7.32. The van der Waals surface area contributed by atoms with Crippen LogP contribution in [0.1, 0.15) is 47.1 Å². The fourth-order valence-electron chi connectivity index (χ4n) is 3.25. The minimum atomic E-state index is 0.0688. The smallest absolute Gasteiger partial charge is 0.257 e. The fraction of sp³-hybridized carbons (Fsp3) is 0.474. The number of benzene rings is 1. The first kappa shape index (κ1) is 16.7. The van der Waals surface area contributed by atoms with E-state index < -0.39 is 0 Å². The van der Waals surface area contributed by atoms with Gasteiger partial charge in [-0.1, -0.05) is 32.0 Å². The van der Waals surface area contributed by atoms with Crippen molar-refractivity contribution < 1.29 is 9.53 Å². The number of amides is 1. The molecule has 1 aliphatic rings. The number of para-hydroxylation sites is 1. The van der Waals surface area contributed by atoms with E-state index in [2.05, 4.69) is 32.9 Å². The van der Waals surface area contributed by atoms with E-state index in [1.807, 2.05) is 28.6 Å². The quantitative estimate of drug-likeness (QED) is 0.870. The first-order chi connectivity index (χ1) is 11.5. The Hall–Kier alpha value is -2.14. The monoisotopic (exact) mass is 327 g/mol. The van der Waals surface area contributed by atoms with Crippen LogP contribution in [-0.4, -0.2) is 46.9 Å². The molecule has 1 fully saturated rings. The van der Waals surface area contributed by atoms with Crippen LogP contribution >= 0.6 is 0 Å². The van der Waals surface area contributed by atoms with Crippen LogP contribution < -0.4 is 0 Å². The van der Waals surface area contributed by atoms with Gasteiger partial charge in [-0.2, -0.15) is 5.10 Å². The number of morpholine rings is 1. The molecule has 2 heterocycles. The largest absolute Gasteiger partial charge is 0.378 e. The molecule has 1 aromatic heterocycles. The second-order valence-corrected chi connectivity index (χ2v) is 6.60. The van der Waals surface area contributed by atoms with Crippen molar-refractivity contribution in [3.05, 3.63) is 46.8 Å². The Morgan fingerprint density at radius 3 is 2.46 bits per heavy atom.